The van der Waals surface area contributed by atoms with Crippen molar-refractivity contribution in [2.45, 2.75) is 25.3 Å². The molecule has 1 aliphatic carbocycles. The molecule has 2 nitrogen and oxygen atoms in total. The average Bonchev–Trinajstić information content (AvgIpc) is 3.10. The summed E-state index contributed by atoms with van der Waals surface area (Å²) in [7, 11) is 0. The van der Waals surface area contributed by atoms with Gasteiger partial charge >= 0.3 is 0 Å². The fraction of sp³-hybridized carbons (Fsp3) is 0.429. The number of hydrogen-bond acceptors (Lipinski definition) is 2. The molecule has 1 aromatic rings. The number of benzene rings is 1. The topological polar surface area (TPSA) is 29.3 Å². The van der Waals surface area contributed by atoms with Gasteiger partial charge in [0.2, 0.25) is 0 Å². The average molecular weight is 216 g/mol. The summed E-state index contributed by atoms with van der Waals surface area (Å²) in [5, 5.41) is 0. The quantitative estimate of drug-likeness (QED) is 0.584. The zero-order chi connectivity index (χ0) is 11.4. The lowest BCUT2D eigenvalue weighted by Crippen LogP contribution is -2.28. The summed E-state index contributed by atoms with van der Waals surface area (Å²) in [5.74, 6) is 0. The zero-order valence-corrected chi connectivity index (χ0v) is 9.73. The minimum atomic E-state index is 0.812. The van der Waals surface area contributed by atoms with E-state index in [1.165, 1.54) is 18.4 Å². The third kappa shape index (κ3) is 3.11. The van der Waals surface area contributed by atoms with Gasteiger partial charge in [-0.2, -0.15) is 0 Å². The van der Waals surface area contributed by atoms with Crippen molar-refractivity contribution in [2.24, 2.45) is 0 Å². The fourth-order valence-corrected chi connectivity index (χ4v) is 1.99. The number of nitrogens with zero attached hydrogens (tertiary/aromatic N) is 1. The third-order valence-electron chi connectivity index (χ3n) is 3.09. The summed E-state index contributed by atoms with van der Waals surface area (Å²) in [6, 6.07) is 9.00. The minimum Gasteiger partial charge on any atom is -0.399 e. The first-order chi connectivity index (χ1) is 7.79. The van der Waals surface area contributed by atoms with Crippen molar-refractivity contribution in [2.75, 3.05) is 18.8 Å². The number of anilines is 1. The Kier molecular flexibility index (Phi) is 3.62. The van der Waals surface area contributed by atoms with E-state index in [1.807, 2.05) is 18.2 Å². The molecule has 0 radical (unpaired) electrons. The van der Waals surface area contributed by atoms with Crippen molar-refractivity contribution < 1.29 is 0 Å². The van der Waals surface area contributed by atoms with Crippen molar-refractivity contribution >= 4 is 5.69 Å². The molecule has 0 spiro atoms. The second-order valence-electron chi connectivity index (χ2n) is 4.51. The first-order valence-corrected chi connectivity index (χ1v) is 5.99. The Morgan fingerprint density at radius 1 is 1.31 bits per heavy atom. The van der Waals surface area contributed by atoms with Crippen LogP contribution in [0.1, 0.15) is 18.4 Å². The summed E-state index contributed by atoms with van der Waals surface area (Å²) in [6.07, 6.45) is 5.82. The van der Waals surface area contributed by atoms with Crippen molar-refractivity contribution in [3.05, 3.63) is 42.5 Å². The number of nitrogens with two attached hydrogens (primary N) is 1. The molecular formula is C14H20N2. The van der Waals surface area contributed by atoms with Crippen LogP contribution in [0, 0.1) is 0 Å². The van der Waals surface area contributed by atoms with Crippen LogP contribution in [0.2, 0.25) is 0 Å². The molecule has 1 fully saturated rings. The lowest BCUT2D eigenvalue weighted by atomic mass is 10.1. The lowest BCUT2D eigenvalue weighted by molar-refractivity contribution is 0.296. The SMILES string of the molecule is C=CCN(CCc1ccc(N)cc1)C1CC1. The third-order valence-corrected chi connectivity index (χ3v) is 3.09. The fourth-order valence-electron chi connectivity index (χ4n) is 1.99. The first kappa shape index (κ1) is 11.2. The van der Waals surface area contributed by atoms with E-state index in [9.17, 15) is 0 Å². The molecular weight excluding hydrogens is 196 g/mol. The van der Waals surface area contributed by atoms with E-state index < -0.39 is 0 Å². The van der Waals surface area contributed by atoms with Crippen LogP contribution < -0.4 is 5.73 Å². The maximum Gasteiger partial charge on any atom is 0.0314 e. The van der Waals surface area contributed by atoms with Crippen LogP contribution >= 0.6 is 0 Å². The maximum atomic E-state index is 5.66. The Hall–Kier alpha value is -1.28. The van der Waals surface area contributed by atoms with Gasteiger partial charge in [0.25, 0.3) is 0 Å². The van der Waals surface area contributed by atoms with Crippen molar-refractivity contribution in [3.63, 3.8) is 0 Å². The van der Waals surface area contributed by atoms with Gasteiger partial charge in [0.05, 0.1) is 0 Å². The van der Waals surface area contributed by atoms with Gasteiger partial charge in [-0.25, -0.2) is 0 Å². The summed E-state index contributed by atoms with van der Waals surface area (Å²) >= 11 is 0. The Balaban J connectivity index is 1.84. The Morgan fingerprint density at radius 3 is 2.56 bits per heavy atom. The molecule has 2 N–H and O–H groups in total. The van der Waals surface area contributed by atoms with Crippen LogP contribution in [0.3, 0.4) is 0 Å². The highest BCUT2D eigenvalue weighted by Crippen LogP contribution is 2.26. The molecule has 0 saturated heterocycles. The van der Waals surface area contributed by atoms with Gasteiger partial charge in [0, 0.05) is 24.8 Å². The Bertz CT molecular complexity index is 338. The molecule has 0 aliphatic heterocycles. The standard InChI is InChI=1S/C14H20N2/c1-2-10-16(14-7-8-14)11-9-12-3-5-13(15)6-4-12/h2-6,14H,1,7-11,15H2. The van der Waals surface area contributed by atoms with Gasteiger partial charge in [-0.3, -0.25) is 4.90 Å². The van der Waals surface area contributed by atoms with Crippen molar-refractivity contribution in [1.29, 1.82) is 0 Å². The molecule has 0 amide bonds. The second kappa shape index (κ2) is 5.17. The van der Waals surface area contributed by atoms with E-state index in [0.717, 1.165) is 31.2 Å². The monoisotopic (exact) mass is 216 g/mol. The lowest BCUT2D eigenvalue weighted by Gasteiger charge is -2.19. The number of rotatable bonds is 6. The summed E-state index contributed by atoms with van der Waals surface area (Å²) in [5.41, 5.74) is 7.87. The summed E-state index contributed by atoms with van der Waals surface area (Å²) in [4.78, 5) is 2.52. The van der Waals surface area contributed by atoms with E-state index in [0.29, 0.717) is 0 Å². The van der Waals surface area contributed by atoms with Crippen LogP contribution in [0.15, 0.2) is 36.9 Å². The van der Waals surface area contributed by atoms with Gasteiger partial charge in [-0.1, -0.05) is 18.2 Å². The molecule has 0 aromatic heterocycles. The largest absolute Gasteiger partial charge is 0.399 e. The molecule has 0 heterocycles. The van der Waals surface area contributed by atoms with Crippen LogP contribution in [0.5, 0.6) is 0 Å². The molecule has 86 valence electrons. The maximum absolute atomic E-state index is 5.66. The zero-order valence-electron chi connectivity index (χ0n) is 9.73. The Morgan fingerprint density at radius 2 is 2.00 bits per heavy atom. The number of hydrogen-bond donors (Lipinski definition) is 1. The van der Waals surface area contributed by atoms with E-state index in [2.05, 4.69) is 23.6 Å². The molecule has 1 saturated carbocycles. The highest BCUT2D eigenvalue weighted by atomic mass is 15.2. The Labute approximate surface area is 97.8 Å². The van der Waals surface area contributed by atoms with Gasteiger partial charge in [-0.05, 0) is 37.0 Å². The molecule has 0 bridgehead atoms. The molecule has 1 aliphatic rings. The smallest absolute Gasteiger partial charge is 0.0314 e. The molecule has 1 aromatic carbocycles. The number of nitrogen functional groups attached to an aromatic ring is 1. The summed E-state index contributed by atoms with van der Waals surface area (Å²) < 4.78 is 0. The van der Waals surface area contributed by atoms with Crippen molar-refractivity contribution in [3.8, 4) is 0 Å². The normalized spacial score (nSPS) is 15.3. The van der Waals surface area contributed by atoms with E-state index in [-0.39, 0.29) is 0 Å². The molecule has 0 atom stereocenters. The minimum absolute atomic E-state index is 0.812. The van der Waals surface area contributed by atoms with Crippen LogP contribution in [-0.2, 0) is 6.42 Å². The molecule has 16 heavy (non-hydrogen) atoms. The van der Waals surface area contributed by atoms with Gasteiger partial charge in [-0.15, -0.1) is 6.58 Å². The molecule has 2 heteroatoms. The van der Waals surface area contributed by atoms with E-state index in [1.54, 1.807) is 0 Å². The van der Waals surface area contributed by atoms with Crippen LogP contribution in [-0.4, -0.2) is 24.0 Å². The second-order valence-corrected chi connectivity index (χ2v) is 4.51. The predicted octanol–water partition coefficient (Wildman–Crippen LogP) is 2.46. The summed E-state index contributed by atoms with van der Waals surface area (Å²) in [6.45, 7) is 5.96. The van der Waals surface area contributed by atoms with Gasteiger partial charge in [0.1, 0.15) is 0 Å². The van der Waals surface area contributed by atoms with E-state index >= 15 is 0 Å². The van der Waals surface area contributed by atoms with Crippen LogP contribution in [0.4, 0.5) is 5.69 Å². The van der Waals surface area contributed by atoms with E-state index in [4.69, 9.17) is 5.73 Å². The molecule has 0 unspecified atom stereocenters. The highest BCUT2D eigenvalue weighted by molar-refractivity contribution is 5.39. The van der Waals surface area contributed by atoms with Crippen molar-refractivity contribution in [1.82, 2.24) is 4.90 Å². The van der Waals surface area contributed by atoms with Gasteiger partial charge in [0.15, 0.2) is 0 Å². The molecule has 2 rings (SSSR count). The highest BCUT2D eigenvalue weighted by Gasteiger charge is 2.27. The van der Waals surface area contributed by atoms with Gasteiger partial charge < -0.3 is 5.73 Å². The first-order valence-electron chi connectivity index (χ1n) is 5.99. The van der Waals surface area contributed by atoms with Crippen LogP contribution in [0.25, 0.3) is 0 Å². The predicted molar refractivity (Wildman–Crippen MR) is 69.4 cm³/mol.